The van der Waals surface area contributed by atoms with Gasteiger partial charge in [-0.3, -0.25) is 14.4 Å². The predicted octanol–water partition coefficient (Wildman–Crippen LogP) is 2.04. The zero-order valence-corrected chi connectivity index (χ0v) is 28.5. The van der Waals surface area contributed by atoms with Gasteiger partial charge in [0.2, 0.25) is 27.7 Å². The van der Waals surface area contributed by atoms with Gasteiger partial charge in [-0.2, -0.15) is 0 Å². The van der Waals surface area contributed by atoms with E-state index in [-0.39, 0.29) is 36.8 Å². The highest BCUT2D eigenvalue weighted by atomic mass is 32.2. The molecule has 260 valence electrons. The molecule has 3 saturated carbocycles. The molecular formula is C32H59N5O7S. The summed E-state index contributed by atoms with van der Waals surface area (Å²) < 4.78 is 26.0. The number of carbonyl (C=O) groups excluding carboxylic acids is 3. The Morgan fingerprint density at radius 3 is 2.04 bits per heavy atom. The number of aliphatic hydroxyl groups excluding tert-OH is 2. The van der Waals surface area contributed by atoms with E-state index in [1.807, 2.05) is 18.7 Å². The number of likely N-dealkylation sites (N-methyl/N-ethyl adjacent to an activating group) is 1. The van der Waals surface area contributed by atoms with Gasteiger partial charge in [0.05, 0.1) is 23.5 Å². The Morgan fingerprint density at radius 1 is 0.889 bits per heavy atom. The molecule has 6 N–H and O–H groups in total. The SMILES string of the molecule is CCCN(CCC)C(=O)C1CC(C(N)=O)CC(C(=O)NC(CC2CCC(O)CC2)C(O)CN(C)NS(=O)(=O)C2CCCCC2)C1. The summed E-state index contributed by atoms with van der Waals surface area (Å²) in [6.07, 6.45) is 8.38. The van der Waals surface area contributed by atoms with Gasteiger partial charge in [-0.1, -0.05) is 33.1 Å². The van der Waals surface area contributed by atoms with Crippen LogP contribution in [0.3, 0.4) is 0 Å². The molecule has 0 heterocycles. The van der Waals surface area contributed by atoms with Crippen LogP contribution in [-0.4, -0.2) is 96.4 Å². The third-order valence-corrected chi connectivity index (χ3v) is 12.0. The second-order valence-electron chi connectivity index (χ2n) is 13.9. The molecule has 13 heteroatoms. The van der Waals surface area contributed by atoms with Crippen molar-refractivity contribution in [3.8, 4) is 0 Å². The average molecular weight is 658 g/mol. The first-order valence-electron chi connectivity index (χ1n) is 17.3. The third kappa shape index (κ3) is 11.4. The summed E-state index contributed by atoms with van der Waals surface area (Å²) in [5.41, 5.74) is 5.71. The predicted molar refractivity (Wildman–Crippen MR) is 173 cm³/mol. The van der Waals surface area contributed by atoms with Gasteiger partial charge in [0, 0.05) is 44.4 Å². The summed E-state index contributed by atoms with van der Waals surface area (Å²) in [5.74, 6) is -2.44. The number of rotatable bonds is 16. The number of hydrogen-bond acceptors (Lipinski definition) is 8. The van der Waals surface area contributed by atoms with Crippen molar-refractivity contribution in [3.63, 3.8) is 0 Å². The van der Waals surface area contributed by atoms with Gasteiger partial charge >= 0.3 is 0 Å². The summed E-state index contributed by atoms with van der Waals surface area (Å²) in [4.78, 5) is 44.1. The average Bonchev–Trinajstić information content (AvgIpc) is 3.01. The van der Waals surface area contributed by atoms with Crippen LogP contribution >= 0.6 is 0 Å². The van der Waals surface area contributed by atoms with Crippen molar-refractivity contribution < 1.29 is 33.0 Å². The fraction of sp³-hybridized carbons (Fsp3) is 0.906. The molecule has 45 heavy (non-hydrogen) atoms. The highest BCUT2D eigenvalue weighted by Gasteiger charge is 2.41. The lowest BCUT2D eigenvalue weighted by Gasteiger charge is -2.37. The quantitative estimate of drug-likeness (QED) is 0.156. The number of amides is 3. The van der Waals surface area contributed by atoms with Crippen LogP contribution in [0.4, 0.5) is 0 Å². The van der Waals surface area contributed by atoms with E-state index < -0.39 is 51.1 Å². The molecule has 0 spiro atoms. The first-order chi connectivity index (χ1) is 21.3. The lowest BCUT2D eigenvalue weighted by molar-refractivity contribution is -0.141. The van der Waals surface area contributed by atoms with Crippen molar-refractivity contribution in [1.29, 1.82) is 0 Å². The van der Waals surface area contributed by atoms with Crippen molar-refractivity contribution in [3.05, 3.63) is 0 Å². The standard InChI is InChI=1S/C32H59N5O7S/c1-4-15-37(16-5-2)32(42)25-19-23(30(33)40)18-24(20-25)31(41)34-28(17-22-11-13-26(38)14-12-22)29(39)21-36(3)35-45(43,44)27-9-7-6-8-10-27/h22-29,35,38-39H,4-21H2,1-3H3,(H2,33,40)(H,34,41). The molecule has 3 fully saturated rings. The van der Waals surface area contributed by atoms with Crippen LogP contribution in [-0.2, 0) is 24.4 Å². The zero-order valence-electron chi connectivity index (χ0n) is 27.7. The smallest absolute Gasteiger partial charge is 0.227 e. The van der Waals surface area contributed by atoms with E-state index in [9.17, 15) is 33.0 Å². The van der Waals surface area contributed by atoms with Crippen LogP contribution in [0.2, 0.25) is 0 Å². The fourth-order valence-electron chi connectivity index (χ4n) is 7.56. The number of nitrogens with one attached hydrogen (secondary N) is 2. The fourth-order valence-corrected chi connectivity index (χ4v) is 9.17. The molecule has 3 aliphatic rings. The van der Waals surface area contributed by atoms with Crippen molar-refractivity contribution in [2.75, 3.05) is 26.7 Å². The van der Waals surface area contributed by atoms with Crippen molar-refractivity contribution in [2.24, 2.45) is 29.4 Å². The van der Waals surface area contributed by atoms with Crippen LogP contribution < -0.4 is 15.9 Å². The zero-order chi connectivity index (χ0) is 33.1. The van der Waals surface area contributed by atoms with Crippen molar-refractivity contribution >= 4 is 27.7 Å². The van der Waals surface area contributed by atoms with Gasteiger partial charge < -0.3 is 26.2 Å². The van der Waals surface area contributed by atoms with Crippen LogP contribution in [0.5, 0.6) is 0 Å². The van der Waals surface area contributed by atoms with Gasteiger partial charge in [-0.25, -0.2) is 13.4 Å². The molecule has 0 radical (unpaired) electrons. The number of sulfonamides is 1. The summed E-state index contributed by atoms with van der Waals surface area (Å²) in [5, 5.41) is 25.4. The van der Waals surface area contributed by atoms with E-state index in [0.29, 0.717) is 58.0 Å². The minimum atomic E-state index is -3.60. The summed E-state index contributed by atoms with van der Waals surface area (Å²) in [7, 11) is -2.03. The topological polar surface area (TPSA) is 182 Å². The van der Waals surface area contributed by atoms with E-state index in [2.05, 4.69) is 10.1 Å². The molecule has 3 amide bonds. The van der Waals surface area contributed by atoms with Gasteiger partial charge in [0.1, 0.15) is 0 Å². The molecular weight excluding hydrogens is 598 g/mol. The number of hydrazine groups is 1. The largest absolute Gasteiger partial charge is 0.393 e. The van der Waals surface area contributed by atoms with Crippen LogP contribution in [0, 0.1) is 23.7 Å². The van der Waals surface area contributed by atoms with E-state index in [1.165, 1.54) is 5.01 Å². The lowest BCUT2D eigenvalue weighted by atomic mass is 9.73. The normalized spacial score (nSPS) is 27.9. The molecule has 0 aromatic carbocycles. The lowest BCUT2D eigenvalue weighted by Crippen LogP contribution is -2.54. The van der Waals surface area contributed by atoms with Crippen LogP contribution in [0.25, 0.3) is 0 Å². The Hall–Kier alpha value is -1.80. The van der Waals surface area contributed by atoms with Crippen molar-refractivity contribution in [1.82, 2.24) is 20.1 Å². The molecule has 0 aromatic heterocycles. The first-order valence-corrected chi connectivity index (χ1v) is 18.9. The molecule has 0 bridgehead atoms. The summed E-state index contributed by atoms with van der Waals surface area (Å²) in [6, 6.07) is -0.681. The maximum absolute atomic E-state index is 13.8. The number of aliphatic hydroxyl groups is 2. The number of carbonyl (C=O) groups is 3. The summed E-state index contributed by atoms with van der Waals surface area (Å²) in [6.45, 7) is 5.21. The maximum atomic E-state index is 13.8. The number of nitrogens with zero attached hydrogens (tertiary/aromatic N) is 2. The van der Waals surface area contributed by atoms with Crippen molar-refractivity contribution in [2.45, 2.75) is 134 Å². The minimum absolute atomic E-state index is 0.0368. The minimum Gasteiger partial charge on any atom is -0.393 e. The van der Waals surface area contributed by atoms with E-state index >= 15 is 0 Å². The maximum Gasteiger partial charge on any atom is 0.227 e. The van der Waals surface area contributed by atoms with E-state index in [0.717, 1.165) is 44.9 Å². The molecule has 3 rings (SSSR count). The summed E-state index contributed by atoms with van der Waals surface area (Å²) >= 11 is 0. The van der Waals surface area contributed by atoms with Crippen LogP contribution in [0.15, 0.2) is 0 Å². The molecule has 5 atom stereocenters. The first kappa shape index (κ1) is 37.7. The molecule has 0 saturated heterocycles. The Balaban J connectivity index is 1.73. The van der Waals surface area contributed by atoms with Gasteiger partial charge in [-0.05, 0) is 83.0 Å². The monoisotopic (exact) mass is 657 g/mol. The van der Waals surface area contributed by atoms with Crippen LogP contribution in [0.1, 0.15) is 110 Å². The van der Waals surface area contributed by atoms with Gasteiger partial charge in [-0.15, -0.1) is 4.83 Å². The Labute approximate surface area is 270 Å². The molecule has 5 unspecified atom stereocenters. The second-order valence-corrected chi connectivity index (χ2v) is 15.8. The van der Waals surface area contributed by atoms with E-state index in [4.69, 9.17) is 5.73 Å². The molecule has 0 aromatic rings. The molecule has 3 aliphatic carbocycles. The number of primary amides is 1. The van der Waals surface area contributed by atoms with E-state index in [1.54, 1.807) is 7.05 Å². The van der Waals surface area contributed by atoms with Gasteiger partial charge in [0.15, 0.2) is 0 Å². The third-order valence-electron chi connectivity index (χ3n) is 10.1. The second kappa shape index (κ2) is 17.9. The number of hydrogen-bond donors (Lipinski definition) is 5. The number of nitrogens with two attached hydrogens (primary N) is 1. The Morgan fingerprint density at radius 2 is 1.47 bits per heavy atom. The Kier molecular flexibility index (Phi) is 15.0. The molecule has 12 nitrogen and oxygen atoms in total. The van der Waals surface area contributed by atoms with Gasteiger partial charge in [0.25, 0.3) is 0 Å². The molecule has 0 aliphatic heterocycles. The highest BCUT2D eigenvalue weighted by Crippen LogP contribution is 2.36. The Bertz CT molecular complexity index is 1060. The highest BCUT2D eigenvalue weighted by molar-refractivity contribution is 7.90.